The molecule has 158 valence electrons. The molecular formula is C24H22ClN3O3. The molecule has 1 aromatic heterocycles. The number of aliphatic hydroxyl groups is 1. The van der Waals surface area contributed by atoms with Gasteiger partial charge >= 0.3 is 0 Å². The van der Waals surface area contributed by atoms with Crippen molar-refractivity contribution in [1.82, 2.24) is 4.98 Å². The highest BCUT2D eigenvalue weighted by Gasteiger charge is 2.27. The number of pyridine rings is 1. The van der Waals surface area contributed by atoms with Crippen LogP contribution in [-0.4, -0.2) is 28.4 Å². The Kier molecular flexibility index (Phi) is 6.02. The molecule has 6 nitrogen and oxygen atoms in total. The molecule has 4 rings (SSSR count). The Morgan fingerprint density at radius 2 is 1.97 bits per heavy atom. The lowest BCUT2D eigenvalue weighted by Gasteiger charge is -2.23. The molecule has 1 aliphatic heterocycles. The van der Waals surface area contributed by atoms with Gasteiger partial charge in [-0.1, -0.05) is 29.8 Å². The maximum Gasteiger partial charge on any atom is 0.276 e. The van der Waals surface area contributed by atoms with Crippen molar-refractivity contribution in [1.29, 1.82) is 0 Å². The number of carbonyl (C=O) groups excluding carboxylic acids is 2. The van der Waals surface area contributed by atoms with E-state index in [1.807, 2.05) is 25.1 Å². The number of nitrogens with zero attached hydrogens (tertiary/aromatic N) is 2. The van der Waals surface area contributed by atoms with Crippen LogP contribution in [0.1, 0.15) is 50.9 Å². The number of aromatic nitrogens is 1. The molecule has 0 spiro atoms. The number of halogens is 1. The van der Waals surface area contributed by atoms with Gasteiger partial charge in [0.15, 0.2) is 0 Å². The number of hydrogen-bond donors (Lipinski definition) is 2. The minimum absolute atomic E-state index is 0.230. The van der Waals surface area contributed by atoms with Gasteiger partial charge in [-0.3, -0.25) is 9.59 Å². The molecule has 7 heteroatoms. The molecule has 2 aromatic carbocycles. The number of hydrogen-bond acceptors (Lipinski definition) is 4. The molecule has 1 unspecified atom stereocenters. The highest BCUT2D eigenvalue weighted by atomic mass is 35.5. The van der Waals surface area contributed by atoms with E-state index in [2.05, 4.69) is 10.3 Å². The summed E-state index contributed by atoms with van der Waals surface area (Å²) in [6.45, 7) is 2.34. The van der Waals surface area contributed by atoms with Crippen LogP contribution in [0.2, 0.25) is 5.02 Å². The largest absolute Gasteiger partial charge is 0.388 e. The van der Waals surface area contributed by atoms with Crippen LogP contribution in [0.4, 0.5) is 11.4 Å². The Morgan fingerprint density at radius 1 is 1.16 bits per heavy atom. The Bertz CT molecular complexity index is 1130. The standard InChI is InChI=1S/C24H22ClN3O3/c1-15-5-2-3-6-18(15)23(30)27-17-9-10-20(26-14-17)24(31)28-12-4-7-22(29)19-13-16(25)8-11-21(19)28/h2-3,5-6,8-11,13-14,22,29H,4,7,12H2,1H3,(H,27,30). The summed E-state index contributed by atoms with van der Waals surface area (Å²) in [6, 6.07) is 15.7. The Hall–Kier alpha value is -3.22. The van der Waals surface area contributed by atoms with Crippen molar-refractivity contribution in [3.63, 3.8) is 0 Å². The minimum Gasteiger partial charge on any atom is -0.388 e. The number of anilines is 2. The van der Waals surface area contributed by atoms with Gasteiger partial charge in [0.25, 0.3) is 11.8 Å². The van der Waals surface area contributed by atoms with Crippen LogP contribution >= 0.6 is 11.6 Å². The molecule has 2 N–H and O–H groups in total. The van der Waals surface area contributed by atoms with Crippen LogP contribution in [0.25, 0.3) is 0 Å². The third-order valence-corrected chi connectivity index (χ3v) is 5.61. The van der Waals surface area contributed by atoms with Gasteiger partial charge < -0.3 is 15.3 Å². The van der Waals surface area contributed by atoms with Gasteiger partial charge in [0.2, 0.25) is 0 Å². The summed E-state index contributed by atoms with van der Waals surface area (Å²) in [5.74, 6) is -0.499. The molecule has 31 heavy (non-hydrogen) atoms. The smallest absolute Gasteiger partial charge is 0.276 e. The predicted molar refractivity (Wildman–Crippen MR) is 121 cm³/mol. The second-order valence-corrected chi connectivity index (χ2v) is 7.96. The van der Waals surface area contributed by atoms with E-state index in [4.69, 9.17) is 11.6 Å². The Labute approximate surface area is 185 Å². The summed E-state index contributed by atoms with van der Waals surface area (Å²) < 4.78 is 0. The van der Waals surface area contributed by atoms with Crippen LogP contribution in [0.15, 0.2) is 60.8 Å². The van der Waals surface area contributed by atoms with Crippen molar-refractivity contribution in [3.8, 4) is 0 Å². The molecule has 2 amide bonds. The first-order valence-electron chi connectivity index (χ1n) is 10.1. The zero-order valence-corrected chi connectivity index (χ0v) is 17.8. The van der Waals surface area contributed by atoms with Crippen LogP contribution in [-0.2, 0) is 0 Å². The lowest BCUT2D eigenvalue weighted by Crippen LogP contribution is -2.32. The lowest BCUT2D eigenvalue weighted by atomic mass is 10.0. The van der Waals surface area contributed by atoms with Crippen LogP contribution in [0, 0.1) is 6.92 Å². The summed E-state index contributed by atoms with van der Waals surface area (Å²) in [4.78, 5) is 31.5. The van der Waals surface area contributed by atoms with Gasteiger partial charge in [-0.15, -0.1) is 0 Å². The molecule has 0 aliphatic carbocycles. The predicted octanol–water partition coefficient (Wildman–Crippen LogP) is 4.77. The Balaban J connectivity index is 1.54. The monoisotopic (exact) mass is 435 g/mol. The fraction of sp³-hybridized carbons (Fsp3) is 0.208. The highest BCUT2D eigenvalue weighted by Crippen LogP contribution is 2.35. The van der Waals surface area contributed by atoms with Crippen molar-refractivity contribution >= 4 is 34.8 Å². The van der Waals surface area contributed by atoms with Crippen molar-refractivity contribution in [3.05, 3.63) is 88.2 Å². The third kappa shape index (κ3) is 4.45. The van der Waals surface area contributed by atoms with E-state index < -0.39 is 6.10 Å². The van der Waals surface area contributed by atoms with Crippen LogP contribution in [0.5, 0.6) is 0 Å². The number of carbonyl (C=O) groups is 2. The fourth-order valence-corrected chi connectivity index (χ4v) is 3.91. The average Bonchev–Trinajstić information content (AvgIpc) is 2.92. The maximum absolute atomic E-state index is 13.2. The number of nitrogens with one attached hydrogen (secondary N) is 1. The van der Waals surface area contributed by atoms with Crippen LogP contribution < -0.4 is 10.2 Å². The van der Waals surface area contributed by atoms with Gasteiger partial charge in [0, 0.05) is 28.4 Å². The van der Waals surface area contributed by atoms with E-state index in [0.717, 1.165) is 5.56 Å². The topological polar surface area (TPSA) is 82.5 Å². The molecule has 0 saturated heterocycles. The van der Waals surface area contributed by atoms with Crippen LogP contribution in [0.3, 0.4) is 0 Å². The highest BCUT2D eigenvalue weighted by molar-refractivity contribution is 6.30. The molecular weight excluding hydrogens is 414 g/mol. The van der Waals surface area contributed by atoms with Gasteiger partial charge in [-0.25, -0.2) is 4.98 Å². The van der Waals surface area contributed by atoms with E-state index >= 15 is 0 Å². The van der Waals surface area contributed by atoms with Crippen molar-refractivity contribution in [2.45, 2.75) is 25.9 Å². The molecule has 0 fully saturated rings. The number of aliphatic hydroxyl groups excluding tert-OH is 1. The van der Waals surface area contributed by atoms with Gasteiger partial charge in [0.1, 0.15) is 5.69 Å². The number of benzene rings is 2. The van der Waals surface area contributed by atoms with E-state index in [1.54, 1.807) is 41.3 Å². The molecule has 1 atom stereocenters. The average molecular weight is 436 g/mol. The zero-order chi connectivity index (χ0) is 22.0. The second-order valence-electron chi connectivity index (χ2n) is 7.52. The summed E-state index contributed by atoms with van der Waals surface area (Å²) >= 11 is 6.09. The quantitative estimate of drug-likeness (QED) is 0.620. The van der Waals surface area contributed by atoms with E-state index in [0.29, 0.717) is 46.9 Å². The molecule has 0 radical (unpaired) electrons. The number of amides is 2. The number of rotatable bonds is 3. The summed E-state index contributed by atoms with van der Waals surface area (Å²) in [7, 11) is 0. The summed E-state index contributed by atoms with van der Waals surface area (Å²) in [5, 5.41) is 13.7. The first-order chi connectivity index (χ1) is 14.9. The first kappa shape index (κ1) is 21.0. The Morgan fingerprint density at radius 3 is 2.71 bits per heavy atom. The maximum atomic E-state index is 13.2. The molecule has 2 heterocycles. The molecule has 0 bridgehead atoms. The van der Waals surface area contributed by atoms with Crippen molar-refractivity contribution < 1.29 is 14.7 Å². The molecule has 3 aromatic rings. The van der Waals surface area contributed by atoms with E-state index in [9.17, 15) is 14.7 Å². The number of fused-ring (bicyclic) bond motifs is 1. The van der Waals surface area contributed by atoms with Crippen molar-refractivity contribution in [2.75, 3.05) is 16.8 Å². The second kappa shape index (κ2) is 8.88. The van der Waals surface area contributed by atoms with E-state index in [1.165, 1.54) is 6.20 Å². The minimum atomic E-state index is -0.668. The van der Waals surface area contributed by atoms with Gasteiger partial charge in [-0.2, -0.15) is 0 Å². The van der Waals surface area contributed by atoms with E-state index in [-0.39, 0.29) is 17.5 Å². The zero-order valence-electron chi connectivity index (χ0n) is 17.0. The molecule has 0 saturated carbocycles. The number of aryl methyl sites for hydroxylation is 1. The summed E-state index contributed by atoms with van der Waals surface area (Å²) in [5.41, 5.74) is 3.50. The lowest BCUT2D eigenvalue weighted by molar-refractivity contribution is 0.0981. The van der Waals surface area contributed by atoms with Gasteiger partial charge in [-0.05, 0) is 61.7 Å². The first-order valence-corrected chi connectivity index (χ1v) is 10.4. The third-order valence-electron chi connectivity index (χ3n) is 5.37. The molecule has 1 aliphatic rings. The SMILES string of the molecule is Cc1ccccc1C(=O)Nc1ccc(C(=O)N2CCCC(O)c3cc(Cl)ccc32)nc1. The fourth-order valence-electron chi connectivity index (χ4n) is 3.73. The summed E-state index contributed by atoms with van der Waals surface area (Å²) in [6.07, 6.45) is 2.01. The normalized spacial score (nSPS) is 15.7. The van der Waals surface area contributed by atoms with Gasteiger partial charge in [0.05, 0.1) is 18.0 Å². The van der Waals surface area contributed by atoms with Crippen molar-refractivity contribution in [2.24, 2.45) is 0 Å².